The predicted molar refractivity (Wildman–Crippen MR) is 109 cm³/mol. The molecule has 0 aliphatic carbocycles. The third-order valence-electron chi connectivity index (χ3n) is 4.24. The molecule has 3 aromatic rings. The fourth-order valence-corrected chi connectivity index (χ4v) is 3.00. The number of aromatic nitrogens is 3. The SMILES string of the molecule is CC(C)NC(=O)Nc1cccc(C(=O)c2cn(C(C)C)c3ncnc(N)c23)c1. The second kappa shape index (κ2) is 7.67. The van der Waals surface area contributed by atoms with Gasteiger partial charge in [-0.3, -0.25) is 4.79 Å². The van der Waals surface area contributed by atoms with Gasteiger partial charge in [-0.25, -0.2) is 14.8 Å². The van der Waals surface area contributed by atoms with Crippen LogP contribution in [0.15, 0.2) is 36.8 Å². The maximum Gasteiger partial charge on any atom is 0.319 e. The second-order valence-corrected chi connectivity index (χ2v) is 7.16. The van der Waals surface area contributed by atoms with Crippen molar-refractivity contribution in [3.8, 4) is 0 Å². The van der Waals surface area contributed by atoms with Gasteiger partial charge in [-0.05, 0) is 39.8 Å². The minimum atomic E-state index is -0.325. The highest BCUT2D eigenvalue weighted by molar-refractivity contribution is 6.18. The lowest BCUT2D eigenvalue weighted by atomic mass is 10.0. The van der Waals surface area contributed by atoms with Crippen LogP contribution in [-0.4, -0.2) is 32.4 Å². The Morgan fingerprint density at radius 2 is 1.89 bits per heavy atom. The summed E-state index contributed by atoms with van der Waals surface area (Å²) in [5.74, 6) is 0.0529. The van der Waals surface area contributed by atoms with E-state index in [1.807, 2.05) is 32.3 Å². The molecule has 8 heteroatoms. The summed E-state index contributed by atoms with van der Waals surface area (Å²) < 4.78 is 1.90. The van der Waals surface area contributed by atoms with E-state index < -0.39 is 0 Å². The van der Waals surface area contributed by atoms with Gasteiger partial charge in [0.1, 0.15) is 17.8 Å². The van der Waals surface area contributed by atoms with Gasteiger partial charge in [0.2, 0.25) is 0 Å². The molecule has 146 valence electrons. The first-order chi connectivity index (χ1) is 13.3. The molecule has 28 heavy (non-hydrogen) atoms. The molecular weight excluding hydrogens is 356 g/mol. The van der Waals surface area contributed by atoms with Crippen molar-refractivity contribution in [2.45, 2.75) is 39.8 Å². The summed E-state index contributed by atoms with van der Waals surface area (Å²) >= 11 is 0. The molecule has 0 bridgehead atoms. The molecule has 4 N–H and O–H groups in total. The third-order valence-corrected chi connectivity index (χ3v) is 4.24. The van der Waals surface area contributed by atoms with Crippen LogP contribution in [0, 0.1) is 0 Å². The summed E-state index contributed by atoms with van der Waals surface area (Å²) in [6, 6.07) is 6.58. The normalized spacial score (nSPS) is 11.2. The number of rotatable bonds is 5. The lowest BCUT2D eigenvalue weighted by Gasteiger charge is -2.10. The van der Waals surface area contributed by atoms with Crippen LogP contribution >= 0.6 is 0 Å². The number of urea groups is 1. The van der Waals surface area contributed by atoms with E-state index in [1.54, 1.807) is 30.5 Å². The van der Waals surface area contributed by atoms with E-state index in [1.165, 1.54) is 6.33 Å². The third kappa shape index (κ3) is 3.80. The van der Waals surface area contributed by atoms with Crippen molar-refractivity contribution < 1.29 is 9.59 Å². The molecule has 0 fully saturated rings. The maximum absolute atomic E-state index is 13.2. The van der Waals surface area contributed by atoms with Crippen LogP contribution in [0.3, 0.4) is 0 Å². The Labute approximate surface area is 163 Å². The molecule has 2 aromatic heterocycles. The van der Waals surface area contributed by atoms with E-state index in [2.05, 4.69) is 20.6 Å². The predicted octanol–water partition coefficient (Wildman–Crippen LogP) is 3.36. The number of nitrogens with one attached hydrogen (secondary N) is 2. The van der Waals surface area contributed by atoms with Crippen LogP contribution in [-0.2, 0) is 0 Å². The van der Waals surface area contributed by atoms with Gasteiger partial charge in [-0.2, -0.15) is 0 Å². The van der Waals surface area contributed by atoms with E-state index in [0.29, 0.717) is 27.8 Å². The van der Waals surface area contributed by atoms with Gasteiger partial charge in [0.05, 0.1) is 10.9 Å². The van der Waals surface area contributed by atoms with Crippen molar-refractivity contribution in [3.63, 3.8) is 0 Å². The molecule has 0 radical (unpaired) electrons. The summed E-state index contributed by atoms with van der Waals surface area (Å²) in [4.78, 5) is 33.5. The number of nitrogen functional groups attached to an aromatic ring is 1. The Bertz CT molecular complexity index is 1040. The summed E-state index contributed by atoms with van der Waals surface area (Å²) in [5.41, 5.74) is 8.07. The maximum atomic E-state index is 13.2. The Balaban J connectivity index is 1.99. The lowest BCUT2D eigenvalue weighted by molar-refractivity contribution is 0.104. The van der Waals surface area contributed by atoms with Crippen LogP contribution in [0.4, 0.5) is 16.3 Å². The van der Waals surface area contributed by atoms with Crippen molar-refractivity contribution in [2.75, 3.05) is 11.1 Å². The summed E-state index contributed by atoms with van der Waals surface area (Å²) in [6.07, 6.45) is 3.15. The number of hydrogen-bond donors (Lipinski definition) is 3. The molecule has 2 amide bonds. The highest BCUT2D eigenvalue weighted by Gasteiger charge is 2.21. The molecule has 0 saturated heterocycles. The van der Waals surface area contributed by atoms with Crippen LogP contribution in [0.1, 0.15) is 49.7 Å². The molecule has 2 heterocycles. The van der Waals surface area contributed by atoms with Gasteiger partial charge in [0, 0.05) is 29.5 Å². The minimum Gasteiger partial charge on any atom is -0.383 e. The zero-order valence-electron chi connectivity index (χ0n) is 16.4. The monoisotopic (exact) mass is 380 g/mol. The lowest BCUT2D eigenvalue weighted by Crippen LogP contribution is -2.34. The average Bonchev–Trinajstić information content (AvgIpc) is 3.02. The number of nitrogens with two attached hydrogens (primary N) is 1. The molecule has 3 rings (SSSR count). The molecule has 1 aromatic carbocycles. The van der Waals surface area contributed by atoms with Crippen molar-refractivity contribution in [2.24, 2.45) is 0 Å². The molecule has 0 spiro atoms. The Morgan fingerprint density at radius 1 is 1.14 bits per heavy atom. The molecule has 8 nitrogen and oxygen atoms in total. The van der Waals surface area contributed by atoms with Crippen molar-refractivity contribution in [1.29, 1.82) is 0 Å². The number of ketones is 1. The quantitative estimate of drug-likeness (QED) is 0.587. The first-order valence-electron chi connectivity index (χ1n) is 9.11. The van der Waals surface area contributed by atoms with E-state index >= 15 is 0 Å². The highest BCUT2D eigenvalue weighted by Crippen LogP contribution is 2.28. The molecule has 0 saturated carbocycles. The summed E-state index contributed by atoms with van der Waals surface area (Å²) in [7, 11) is 0. The highest BCUT2D eigenvalue weighted by atomic mass is 16.2. The van der Waals surface area contributed by atoms with Gasteiger partial charge in [-0.15, -0.1) is 0 Å². The fraction of sp³-hybridized carbons (Fsp3) is 0.300. The van der Waals surface area contributed by atoms with Crippen LogP contribution < -0.4 is 16.4 Å². The first kappa shape index (κ1) is 19.3. The summed E-state index contributed by atoms with van der Waals surface area (Å²) in [6.45, 7) is 7.75. The Kier molecular flexibility index (Phi) is 5.30. The molecule has 0 unspecified atom stereocenters. The zero-order chi connectivity index (χ0) is 20.4. The molecule has 0 atom stereocenters. The number of amides is 2. The van der Waals surface area contributed by atoms with Crippen molar-refractivity contribution in [1.82, 2.24) is 19.9 Å². The molecule has 0 aliphatic rings. The van der Waals surface area contributed by atoms with Gasteiger partial charge in [0.25, 0.3) is 0 Å². The number of benzene rings is 1. The van der Waals surface area contributed by atoms with Crippen molar-refractivity contribution >= 4 is 34.4 Å². The number of anilines is 2. The van der Waals surface area contributed by atoms with Gasteiger partial charge < -0.3 is 20.9 Å². The van der Waals surface area contributed by atoms with E-state index in [-0.39, 0.29) is 29.7 Å². The Morgan fingerprint density at radius 3 is 2.57 bits per heavy atom. The van der Waals surface area contributed by atoms with Crippen molar-refractivity contribution in [3.05, 3.63) is 47.9 Å². The zero-order valence-corrected chi connectivity index (χ0v) is 16.4. The second-order valence-electron chi connectivity index (χ2n) is 7.16. The molecular formula is C20H24N6O2. The van der Waals surface area contributed by atoms with Crippen LogP contribution in [0.2, 0.25) is 0 Å². The topological polar surface area (TPSA) is 115 Å². The van der Waals surface area contributed by atoms with E-state index in [0.717, 1.165) is 0 Å². The number of fused-ring (bicyclic) bond motifs is 1. The van der Waals surface area contributed by atoms with Gasteiger partial charge in [0.15, 0.2) is 5.78 Å². The largest absolute Gasteiger partial charge is 0.383 e. The number of hydrogen-bond acceptors (Lipinski definition) is 5. The average molecular weight is 380 g/mol. The van der Waals surface area contributed by atoms with Gasteiger partial charge in [-0.1, -0.05) is 12.1 Å². The fourth-order valence-electron chi connectivity index (χ4n) is 3.00. The Hall–Kier alpha value is -3.42. The van der Waals surface area contributed by atoms with Gasteiger partial charge >= 0.3 is 6.03 Å². The molecule has 0 aliphatic heterocycles. The van der Waals surface area contributed by atoms with Crippen LogP contribution in [0.5, 0.6) is 0 Å². The smallest absolute Gasteiger partial charge is 0.319 e. The summed E-state index contributed by atoms with van der Waals surface area (Å²) in [5, 5.41) is 6.02. The van der Waals surface area contributed by atoms with Crippen LogP contribution in [0.25, 0.3) is 11.0 Å². The number of nitrogens with zero attached hydrogens (tertiary/aromatic N) is 3. The first-order valence-corrected chi connectivity index (χ1v) is 9.11. The van der Waals surface area contributed by atoms with E-state index in [9.17, 15) is 9.59 Å². The minimum absolute atomic E-state index is 0.00922. The standard InChI is InChI=1S/C20H24N6O2/c1-11(2)24-20(28)25-14-7-5-6-13(8-14)17(27)15-9-26(12(3)4)19-16(15)18(21)22-10-23-19/h5-12H,1-4H3,(H2,21,22,23)(H2,24,25,28). The number of carbonyl (C=O) groups is 2. The van der Waals surface area contributed by atoms with E-state index in [4.69, 9.17) is 5.73 Å². The number of carbonyl (C=O) groups excluding carboxylic acids is 2.